The Morgan fingerprint density at radius 1 is 1.32 bits per heavy atom. The van der Waals surface area contributed by atoms with E-state index in [4.69, 9.17) is 19.3 Å². The summed E-state index contributed by atoms with van der Waals surface area (Å²) in [6.07, 6.45) is 2.86. The molecule has 1 fully saturated rings. The Balaban J connectivity index is 2.02. The molecule has 1 saturated heterocycles. The van der Waals surface area contributed by atoms with Crippen molar-refractivity contribution in [2.24, 2.45) is 0 Å². The van der Waals surface area contributed by atoms with E-state index in [1.165, 1.54) is 18.1 Å². The molecule has 168 valence electrons. The number of fused-ring (bicyclic) bond motifs is 2. The number of hydrogen-bond acceptors (Lipinski definition) is 6. The fraction of sp³-hybridized carbons (Fsp3) is 0.500. The lowest BCUT2D eigenvalue weighted by molar-refractivity contribution is -0.137. The van der Waals surface area contributed by atoms with E-state index in [0.29, 0.717) is 35.7 Å². The van der Waals surface area contributed by atoms with Crippen LogP contribution in [0, 0.1) is 0 Å². The molecule has 2 atom stereocenters. The lowest BCUT2D eigenvalue weighted by atomic mass is 10.1. The summed E-state index contributed by atoms with van der Waals surface area (Å²) in [4.78, 5) is 40.3. The van der Waals surface area contributed by atoms with Gasteiger partial charge in [-0.15, -0.1) is 0 Å². The van der Waals surface area contributed by atoms with E-state index in [1.54, 1.807) is 17.0 Å². The smallest absolute Gasteiger partial charge is 0.414 e. The number of carbonyl (C=O) groups is 3. The van der Waals surface area contributed by atoms with Crippen LogP contribution in [-0.4, -0.2) is 66.9 Å². The van der Waals surface area contributed by atoms with Crippen molar-refractivity contribution in [1.29, 1.82) is 0 Å². The lowest BCUT2D eigenvalue weighted by Gasteiger charge is -2.33. The molecule has 0 unspecified atom stereocenters. The Labute approximate surface area is 181 Å². The van der Waals surface area contributed by atoms with E-state index in [1.807, 2.05) is 6.92 Å². The number of anilines is 1. The van der Waals surface area contributed by atoms with Crippen molar-refractivity contribution < 1.29 is 33.7 Å². The zero-order chi connectivity index (χ0) is 22.5. The molecular weight excluding hydrogens is 404 g/mol. The first-order valence-corrected chi connectivity index (χ1v) is 10.3. The highest BCUT2D eigenvalue weighted by Crippen LogP contribution is 2.41. The molecule has 0 saturated carbocycles. The first-order chi connectivity index (χ1) is 14.9. The van der Waals surface area contributed by atoms with Crippen LogP contribution in [0.1, 0.15) is 43.0 Å². The summed E-state index contributed by atoms with van der Waals surface area (Å²) >= 11 is 0. The topological polar surface area (TPSA) is 106 Å². The van der Waals surface area contributed by atoms with Crippen molar-refractivity contribution in [2.75, 3.05) is 31.8 Å². The maximum absolute atomic E-state index is 13.3. The summed E-state index contributed by atoms with van der Waals surface area (Å²) in [5, 5.41) is 8.82. The van der Waals surface area contributed by atoms with Gasteiger partial charge in [-0.2, -0.15) is 0 Å². The van der Waals surface area contributed by atoms with Gasteiger partial charge < -0.3 is 24.2 Å². The molecule has 2 amide bonds. The number of carbonyl (C=O) groups excluding carboxylic acids is 2. The van der Waals surface area contributed by atoms with Gasteiger partial charge in [-0.3, -0.25) is 14.5 Å². The maximum Gasteiger partial charge on any atom is 0.414 e. The third-order valence-electron chi connectivity index (χ3n) is 5.61. The Bertz CT molecular complexity index is 870. The van der Waals surface area contributed by atoms with Gasteiger partial charge in [-0.1, -0.05) is 12.7 Å². The summed E-state index contributed by atoms with van der Waals surface area (Å²) in [7, 11) is 1.46. The molecule has 1 N–H and O–H groups in total. The van der Waals surface area contributed by atoms with Gasteiger partial charge in [0.15, 0.2) is 11.5 Å². The number of methoxy groups -OCH3 is 1. The number of aliphatic carboxylic acids is 1. The minimum atomic E-state index is -0.909. The summed E-state index contributed by atoms with van der Waals surface area (Å²) in [5.74, 6) is -0.407. The minimum Gasteiger partial charge on any atom is -0.493 e. The molecule has 2 aliphatic rings. The number of ether oxygens (including phenoxy) is 3. The number of amides is 2. The van der Waals surface area contributed by atoms with Crippen molar-refractivity contribution in [3.63, 3.8) is 0 Å². The van der Waals surface area contributed by atoms with Gasteiger partial charge in [-0.25, -0.2) is 4.79 Å². The molecule has 3 rings (SSSR count). The summed E-state index contributed by atoms with van der Waals surface area (Å²) in [5.41, 5.74) is 0.719. The standard InChI is InChI=1S/C22H28N2O7/c1-4-10-31-22(28)24-14(2)16-7-5-9-23(16)21(27)15-12-18(29-3)19(13-17(15)24)30-11-6-8-20(25)26/h4,12-14,16H,1,5-11H2,2-3H3,(H,25,26)/t14-,16-/m0/s1. The van der Waals surface area contributed by atoms with E-state index in [2.05, 4.69) is 6.58 Å². The highest BCUT2D eigenvalue weighted by Gasteiger charge is 2.43. The highest BCUT2D eigenvalue weighted by atomic mass is 16.6. The van der Waals surface area contributed by atoms with Crippen LogP contribution in [-0.2, 0) is 9.53 Å². The normalized spacial score (nSPS) is 19.9. The van der Waals surface area contributed by atoms with Crippen LogP contribution in [0.4, 0.5) is 10.5 Å². The van der Waals surface area contributed by atoms with Gasteiger partial charge in [0.1, 0.15) is 6.61 Å². The van der Waals surface area contributed by atoms with Crippen molar-refractivity contribution in [3.05, 3.63) is 30.4 Å². The molecule has 1 aromatic carbocycles. The van der Waals surface area contributed by atoms with Gasteiger partial charge in [0.2, 0.25) is 0 Å². The zero-order valence-corrected chi connectivity index (χ0v) is 17.8. The number of rotatable bonds is 8. The average molecular weight is 432 g/mol. The predicted octanol–water partition coefficient (Wildman–Crippen LogP) is 3.07. The first kappa shape index (κ1) is 22.5. The summed E-state index contributed by atoms with van der Waals surface area (Å²) in [6.45, 7) is 6.31. The second-order valence-electron chi connectivity index (χ2n) is 7.55. The molecule has 0 aromatic heterocycles. The van der Waals surface area contributed by atoms with Crippen LogP contribution < -0.4 is 14.4 Å². The quantitative estimate of drug-likeness (QED) is 0.497. The van der Waals surface area contributed by atoms with Crippen LogP contribution in [0.25, 0.3) is 0 Å². The molecule has 0 aliphatic carbocycles. The van der Waals surface area contributed by atoms with E-state index < -0.39 is 12.1 Å². The Morgan fingerprint density at radius 3 is 2.77 bits per heavy atom. The fourth-order valence-electron chi connectivity index (χ4n) is 4.15. The predicted molar refractivity (Wildman–Crippen MR) is 113 cm³/mol. The van der Waals surface area contributed by atoms with E-state index in [9.17, 15) is 14.4 Å². The number of benzene rings is 1. The van der Waals surface area contributed by atoms with Gasteiger partial charge in [0.05, 0.1) is 37.1 Å². The fourth-order valence-corrected chi connectivity index (χ4v) is 4.15. The molecular formula is C22H28N2O7. The van der Waals surface area contributed by atoms with Crippen molar-refractivity contribution >= 4 is 23.7 Å². The number of hydrogen-bond donors (Lipinski definition) is 1. The van der Waals surface area contributed by atoms with E-state index >= 15 is 0 Å². The summed E-state index contributed by atoms with van der Waals surface area (Å²) in [6, 6.07) is 2.74. The SMILES string of the molecule is C=CCOC(=O)N1c2cc(OCCCC(=O)O)c(OC)cc2C(=O)N2CCC[C@H]2[C@@H]1C. The lowest BCUT2D eigenvalue weighted by Crippen LogP contribution is -2.49. The van der Waals surface area contributed by atoms with E-state index in [0.717, 1.165) is 12.8 Å². The van der Waals surface area contributed by atoms with Crippen molar-refractivity contribution in [1.82, 2.24) is 4.90 Å². The summed E-state index contributed by atoms with van der Waals surface area (Å²) < 4.78 is 16.5. The van der Waals surface area contributed by atoms with Gasteiger partial charge in [0.25, 0.3) is 5.91 Å². The molecule has 0 bridgehead atoms. The van der Waals surface area contributed by atoms with Crippen LogP contribution in [0.15, 0.2) is 24.8 Å². The molecule has 0 radical (unpaired) electrons. The second-order valence-corrected chi connectivity index (χ2v) is 7.55. The van der Waals surface area contributed by atoms with E-state index in [-0.39, 0.29) is 37.6 Å². The number of nitrogens with zero attached hydrogens (tertiary/aromatic N) is 2. The van der Waals surface area contributed by atoms with Gasteiger partial charge in [0, 0.05) is 19.0 Å². The molecule has 0 spiro atoms. The third-order valence-corrected chi connectivity index (χ3v) is 5.61. The average Bonchev–Trinajstić information content (AvgIpc) is 3.22. The molecule has 2 aliphatic heterocycles. The van der Waals surface area contributed by atoms with Crippen molar-refractivity contribution in [2.45, 2.75) is 44.7 Å². The van der Waals surface area contributed by atoms with Crippen LogP contribution >= 0.6 is 0 Å². The monoisotopic (exact) mass is 432 g/mol. The van der Waals surface area contributed by atoms with Crippen molar-refractivity contribution in [3.8, 4) is 11.5 Å². The van der Waals surface area contributed by atoms with Gasteiger partial charge >= 0.3 is 12.1 Å². The molecule has 9 heteroatoms. The van der Waals surface area contributed by atoms with Gasteiger partial charge in [-0.05, 0) is 32.3 Å². The number of carboxylic acids is 1. The first-order valence-electron chi connectivity index (χ1n) is 10.3. The number of carboxylic acid groups (broad SMARTS) is 1. The highest BCUT2D eigenvalue weighted by molar-refractivity contribution is 6.06. The molecule has 1 aromatic rings. The Hall–Kier alpha value is -3.23. The molecule has 2 heterocycles. The molecule has 9 nitrogen and oxygen atoms in total. The Kier molecular flexibility index (Phi) is 7.04. The molecule has 31 heavy (non-hydrogen) atoms. The largest absolute Gasteiger partial charge is 0.493 e. The third kappa shape index (κ3) is 4.60. The second kappa shape index (κ2) is 9.72. The minimum absolute atomic E-state index is 0.0284. The van der Waals surface area contributed by atoms with Crippen LogP contribution in [0.3, 0.4) is 0 Å². The Morgan fingerprint density at radius 2 is 2.10 bits per heavy atom. The zero-order valence-electron chi connectivity index (χ0n) is 17.8. The maximum atomic E-state index is 13.3. The van der Waals surface area contributed by atoms with Crippen LogP contribution in [0.5, 0.6) is 11.5 Å². The van der Waals surface area contributed by atoms with Crippen LogP contribution in [0.2, 0.25) is 0 Å².